The summed E-state index contributed by atoms with van der Waals surface area (Å²) in [6.07, 6.45) is 3.63. The van der Waals surface area contributed by atoms with Crippen LogP contribution in [0.2, 0.25) is 0 Å². The highest BCUT2D eigenvalue weighted by atomic mass is 16.5. The maximum atomic E-state index is 5.65. The molecule has 1 saturated heterocycles. The highest BCUT2D eigenvalue weighted by Gasteiger charge is 2.23. The molecule has 0 aromatic heterocycles. The van der Waals surface area contributed by atoms with Crippen molar-refractivity contribution in [3.05, 3.63) is 29.8 Å². The summed E-state index contributed by atoms with van der Waals surface area (Å²) >= 11 is 0. The first-order valence-corrected chi connectivity index (χ1v) is 7.88. The van der Waals surface area contributed by atoms with Gasteiger partial charge in [-0.15, -0.1) is 0 Å². The first-order valence-electron chi connectivity index (χ1n) is 7.88. The lowest BCUT2D eigenvalue weighted by atomic mass is 10.0. The Bertz CT molecular complexity index is 390. The van der Waals surface area contributed by atoms with Crippen LogP contribution >= 0.6 is 0 Å². The van der Waals surface area contributed by atoms with E-state index in [1.165, 1.54) is 24.9 Å². The van der Waals surface area contributed by atoms with Crippen LogP contribution in [0.25, 0.3) is 0 Å². The van der Waals surface area contributed by atoms with Crippen LogP contribution in [0.3, 0.4) is 0 Å². The van der Waals surface area contributed by atoms with E-state index in [1.54, 1.807) is 0 Å². The predicted octanol–water partition coefficient (Wildman–Crippen LogP) is 3.22. The highest BCUT2D eigenvalue weighted by molar-refractivity contribution is 5.29. The Morgan fingerprint density at radius 2 is 2.10 bits per heavy atom. The highest BCUT2D eigenvalue weighted by Crippen LogP contribution is 2.25. The van der Waals surface area contributed by atoms with Gasteiger partial charge in [-0.25, -0.2) is 0 Å². The van der Waals surface area contributed by atoms with Crippen LogP contribution < -0.4 is 10.1 Å². The van der Waals surface area contributed by atoms with E-state index >= 15 is 0 Å². The van der Waals surface area contributed by atoms with Gasteiger partial charge in [-0.2, -0.15) is 0 Å². The number of likely N-dealkylation sites (N-methyl/N-ethyl adjacent to an activating group) is 1. The lowest BCUT2D eigenvalue weighted by Gasteiger charge is -2.37. The van der Waals surface area contributed by atoms with Crippen LogP contribution in [0.1, 0.15) is 44.7 Å². The second-order valence-electron chi connectivity index (χ2n) is 5.72. The van der Waals surface area contributed by atoms with Crippen molar-refractivity contribution in [2.24, 2.45) is 0 Å². The molecule has 0 bridgehead atoms. The predicted molar refractivity (Wildman–Crippen MR) is 84.3 cm³/mol. The van der Waals surface area contributed by atoms with E-state index in [0.717, 1.165) is 25.3 Å². The van der Waals surface area contributed by atoms with E-state index in [1.807, 2.05) is 0 Å². The van der Waals surface area contributed by atoms with Gasteiger partial charge in [-0.3, -0.25) is 4.90 Å². The van der Waals surface area contributed by atoms with Gasteiger partial charge in [0.1, 0.15) is 5.75 Å². The fourth-order valence-corrected chi connectivity index (χ4v) is 2.87. The summed E-state index contributed by atoms with van der Waals surface area (Å²) < 4.78 is 5.65. The number of rotatable bonds is 6. The Hall–Kier alpha value is -1.06. The fourth-order valence-electron chi connectivity index (χ4n) is 2.87. The molecule has 0 radical (unpaired) electrons. The lowest BCUT2D eigenvalue weighted by Crippen LogP contribution is -2.45. The van der Waals surface area contributed by atoms with Crippen LogP contribution in [0, 0.1) is 0 Å². The van der Waals surface area contributed by atoms with Gasteiger partial charge in [0.15, 0.2) is 0 Å². The zero-order valence-electron chi connectivity index (χ0n) is 13.1. The molecule has 1 aliphatic heterocycles. The van der Waals surface area contributed by atoms with Gasteiger partial charge in [-0.1, -0.05) is 19.1 Å². The Labute approximate surface area is 123 Å². The first-order chi connectivity index (χ1) is 9.74. The summed E-state index contributed by atoms with van der Waals surface area (Å²) in [5.41, 5.74) is 1.38. The molecule has 1 N–H and O–H groups in total. The maximum absolute atomic E-state index is 5.65. The average molecular weight is 276 g/mol. The molecule has 1 heterocycles. The average Bonchev–Trinajstić information content (AvgIpc) is 2.52. The molecule has 3 heteroatoms. The normalized spacial score (nSPS) is 21.6. The third-order valence-electron chi connectivity index (χ3n) is 4.24. The van der Waals surface area contributed by atoms with E-state index in [-0.39, 0.29) is 0 Å². The van der Waals surface area contributed by atoms with Gasteiger partial charge >= 0.3 is 0 Å². The number of piperidine rings is 1. The zero-order chi connectivity index (χ0) is 14.4. The number of benzene rings is 1. The van der Waals surface area contributed by atoms with Crippen molar-refractivity contribution in [1.82, 2.24) is 10.2 Å². The number of hydrogen-bond donors (Lipinski definition) is 1. The minimum absolute atomic E-state index is 0.478. The quantitative estimate of drug-likeness (QED) is 0.863. The molecule has 2 atom stereocenters. The number of ether oxygens (including phenoxy) is 1. The molecule has 1 aromatic rings. The molecule has 20 heavy (non-hydrogen) atoms. The van der Waals surface area contributed by atoms with E-state index in [0.29, 0.717) is 12.1 Å². The van der Waals surface area contributed by atoms with Crippen LogP contribution in [0.15, 0.2) is 24.3 Å². The van der Waals surface area contributed by atoms with Crippen molar-refractivity contribution in [1.29, 1.82) is 0 Å². The fraction of sp³-hybridized carbons (Fsp3) is 0.647. The lowest BCUT2D eigenvalue weighted by molar-refractivity contribution is 0.149. The monoisotopic (exact) mass is 276 g/mol. The smallest absolute Gasteiger partial charge is 0.119 e. The minimum atomic E-state index is 0.478. The molecular formula is C17H28N2O. The molecule has 1 aromatic carbocycles. The zero-order valence-corrected chi connectivity index (χ0v) is 13.1. The summed E-state index contributed by atoms with van der Waals surface area (Å²) in [6.45, 7) is 7.58. The third-order valence-corrected chi connectivity index (χ3v) is 4.24. The Kier molecular flexibility index (Phi) is 5.86. The molecule has 3 nitrogen and oxygen atoms in total. The van der Waals surface area contributed by atoms with Gasteiger partial charge in [0, 0.05) is 18.6 Å². The second kappa shape index (κ2) is 7.65. The molecule has 0 aliphatic carbocycles. The molecule has 1 fully saturated rings. The summed E-state index contributed by atoms with van der Waals surface area (Å²) in [5, 5.41) is 3.41. The minimum Gasteiger partial charge on any atom is -0.494 e. The SMILES string of the molecule is CCCOc1ccc(C(C)N2CCCC(NC)C2)cc1. The summed E-state index contributed by atoms with van der Waals surface area (Å²) in [4.78, 5) is 2.58. The Morgan fingerprint density at radius 3 is 2.75 bits per heavy atom. The first kappa shape index (κ1) is 15.3. The number of nitrogens with zero attached hydrogens (tertiary/aromatic N) is 1. The number of hydrogen-bond acceptors (Lipinski definition) is 3. The largest absolute Gasteiger partial charge is 0.494 e. The number of likely N-dealkylation sites (tertiary alicyclic amines) is 1. The molecule has 2 unspecified atom stereocenters. The van der Waals surface area contributed by atoms with Gasteiger partial charge in [-0.05, 0) is 57.5 Å². The van der Waals surface area contributed by atoms with Gasteiger partial charge in [0.25, 0.3) is 0 Å². The molecule has 112 valence electrons. The molecule has 2 rings (SSSR count). The molecular weight excluding hydrogens is 248 g/mol. The van der Waals surface area contributed by atoms with Crippen molar-refractivity contribution < 1.29 is 4.74 Å². The molecule has 0 amide bonds. The molecule has 0 spiro atoms. The summed E-state index contributed by atoms with van der Waals surface area (Å²) in [6, 6.07) is 9.73. The number of nitrogens with one attached hydrogen (secondary N) is 1. The van der Waals surface area contributed by atoms with Crippen molar-refractivity contribution in [2.45, 2.75) is 45.2 Å². The molecule has 1 aliphatic rings. The van der Waals surface area contributed by atoms with Gasteiger partial charge < -0.3 is 10.1 Å². The van der Waals surface area contributed by atoms with E-state index in [4.69, 9.17) is 4.74 Å². The van der Waals surface area contributed by atoms with Crippen LogP contribution in [-0.2, 0) is 0 Å². The maximum Gasteiger partial charge on any atom is 0.119 e. The molecule has 0 saturated carbocycles. The third kappa shape index (κ3) is 3.97. The van der Waals surface area contributed by atoms with Crippen LogP contribution in [0.5, 0.6) is 5.75 Å². The van der Waals surface area contributed by atoms with Crippen molar-refractivity contribution >= 4 is 0 Å². The Morgan fingerprint density at radius 1 is 1.35 bits per heavy atom. The van der Waals surface area contributed by atoms with Gasteiger partial charge in [0.2, 0.25) is 0 Å². The second-order valence-corrected chi connectivity index (χ2v) is 5.72. The van der Waals surface area contributed by atoms with Crippen molar-refractivity contribution in [3.8, 4) is 5.75 Å². The van der Waals surface area contributed by atoms with Crippen molar-refractivity contribution in [2.75, 3.05) is 26.7 Å². The van der Waals surface area contributed by atoms with E-state index < -0.39 is 0 Å². The van der Waals surface area contributed by atoms with Crippen LogP contribution in [0.4, 0.5) is 0 Å². The Balaban J connectivity index is 1.95. The van der Waals surface area contributed by atoms with Crippen molar-refractivity contribution in [3.63, 3.8) is 0 Å². The van der Waals surface area contributed by atoms with Gasteiger partial charge in [0.05, 0.1) is 6.61 Å². The van der Waals surface area contributed by atoms with E-state index in [2.05, 4.69) is 55.4 Å². The van der Waals surface area contributed by atoms with Crippen LogP contribution in [-0.4, -0.2) is 37.7 Å². The van der Waals surface area contributed by atoms with E-state index in [9.17, 15) is 0 Å². The standard InChI is InChI=1S/C17H28N2O/c1-4-12-20-17-9-7-15(8-10-17)14(2)19-11-5-6-16(13-19)18-3/h7-10,14,16,18H,4-6,11-13H2,1-3H3. The summed E-state index contributed by atoms with van der Waals surface area (Å²) in [5.74, 6) is 0.981. The summed E-state index contributed by atoms with van der Waals surface area (Å²) in [7, 11) is 2.07. The topological polar surface area (TPSA) is 24.5 Å².